The summed E-state index contributed by atoms with van der Waals surface area (Å²) in [4.78, 5) is 1.93. The Hall–Kier alpha value is -0.940. The maximum Gasteiger partial charge on any atom is 0.0722 e. The summed E-state index contributed by atoms with van der Waals surface area (Å²) < 4.78 is 0. The lowest BCUT2D eigenvalue weighted by Crippen LogP contribution is -2.29. The van der Waals surface area contributed by atoms with Crippen molar-refractivity contribution < 1.29 is 0 Å². The molecular weight excluding hydrogens is 136 g/mol. The van der Waals surface area contributed by atoms with Gasteiger partial charge in [0.05, 0.1) is 5.54 Å². The van der Waals surface area contributed by atoms with Crippen LogP contribution < -0.4 is 5.73 Å². The van der Waals surface area contributed by atoms with Gasteiger partial charge in [-0.3, -0.25) is 0 Å². The fourth-order valence-electron chi connectivity index (χ4n) is 0.414. The molecule has 0 heterocycles. The molecule has 0 aromatic rings. The SMILES string of the molecule is CN(C)/C=C/C#CC(C)(C)N. The van der Waals surface area contributed by atoms with Gasteiger partial charge in [0.15, 0.2) is 0 Å². The standard InChI is InChI=1S/C9H16N2/c1-9(2,10)7-5-6-8-11(3)4/h6,8H,10H2,1-4H3/b8-6+. The van der Waals surface area contributed by atoms with Gasteiger partial charge in [-0.15, -0.1) is 0 Å². The Balaban J connectivity index is 3.92. The largest absolute Gasteiger partial charge is 0.383 e. The van der Waals surface area contributed by atoms with Crippen LogP contribution in [-0.4, -0.2) is 24.5 Å². The molecule has 0 atom stereocenters. The minimum Gasteiger partial charge on any atom is -0.383 e. The van der Waals surface area contributed by atoms with Crippen molar-refractivity contribution in [3.63, 3.8) is 0 Å². The lowest BCUT2D eigenvalue weighted by Gasteiger charge is -2.06. The summed E-state index contributed by atoms with van der Waals surface area (Å²) in [6, 6.07) is 0. The van der Waals surface area contributed by atoms with Gasteiger partial charge < -0.3 is 10.6 Å². The van der Waals surface area contributed by atoms with E-state index in [4.69, 9.17) is 5.73 Å². The summed E-state index contributed by atoms with van der Waals surface area (Å²) in [5.41, 5.74) is 5.24. The number of nitrogens with two attached hydrogens (primary N) is 1. The predicted octanol–water partition coefficient (Wildman–Crippen LogP) is 0.802. The number of nitrogens with zero attached hydrogens (tertiary/aromatic N) is 1. The molecular formula is C9H16N2. The van der Waals surface area contributed by atoms with Crippen molar-refractivity contribution in [1.29, 1.82) is 0 Å². The Morgan fingerprint density at radius 3 is 2.27 bits per heavy atom. The fraction of sp³-hybridized carbons (Fsp3) is 0.556. The normalized spacial score (nSPS) is 11.0. The van der Waals surface area contributed by atoms with E-state index in [1.807, 2.05) is 39.0 Å². The molecule has 0 aliphatic rings. The van der Waals surface area contributed by atoms with Gasteiger partial charge in [0.25, 0.3) is 0 Å². The third kappa shape index (κ3) is 9.06. The summed E-state index contributed by atoms with van der Waals surface area (Å²) >= 11 is 0. The van der Waals surface area contributed by atoms with Crippen LogP contribution in [0.4, 0.5) is 0 Å². The van der Waals surface area contributed by atoms with E-state index >= 15 is 0 Å². The molecule has 0 aromatic heterocycles. The zero-order valence-electron chi connectivity index (χ0n) is 7.68. The van der Waals surface area contributed by atoms with Crippen molar-refractivity contribution in [3.05, 3.63) is 12.3 Å². The Morgan fingerprint density at radius 1 is 1.36 bits per heavy atom. The first-order chi connectivity index (χ1) is 4.92. The van der Waals surface area contributed by atoms with Crippen LogP contribution in [0.1, 0.15) is 13.8 Å². The predicted molar refractivity (Wildman–Crippen MR) is 48.9 cm³/mol. The second-order valence-electron chi connectivity index (χ2n) is 3.27. The second-order valence-corrected chi connectivity index (χ2v) is 3.27. The average molecular weight is 152 g/mol. The topological polar surface area (TPSA) is 29.3 Å². The molecule has 2 N–H and O–H groups in total. The molecule has 0 aliphatic heterocycles. The maximum atomic E-state index is 5.63. The summed E-state index contributed by atoms with van der Waals surface area (Å²) in [6.45, 7) is 3.76. The number of rotatable bonds is 1. The minimum absolute atomic E-state index is 0.392. The second kappa shape index (κ2) is 4.05. The lowest BCUT2D eigenvalue weighted by molar-refractivity contribution is 0.564. The summed E-state index contributed by atoms with van der Waals surface area (Å²) in [5, 5.41) is 0. The smallest absolute Gasteiger partial charge is 0.0722 e. The van der Waals surface area contributed by atoms with Crippen molar-refractivity contribution >= 4 is 0 Å². The third-order valence-electron chi connectivity index (χ3n) is 0.850. The van der Waals surface area contributed by atoms with Crippen LogP contribution in [0.3, 0.4) is 0 Å². The van der Waals surface area contributed by atoms with Crippen LogP contribution >= 0.6 is 0 Å². The van der Waals surface area contributed by atoms with E-state index in [0.29, 0.717) is 0 Å². The van der Waals surface area contributed by atoms with E-state index in [0.717, 1.165) is 0 Å². The van der Waals surface area contributed by atoms with Crippen LogP contribution in [0.15, 0.2) is 12.3 Å². The minimum atomic E-state index is -0.392. The molecule has 2 nitrogen and oxygen atoms in total. The average Bonchev–Trinajstić information content (AvgIpc) is 1.78. The Labute approximate surface area is 69.1 Å². The van der Waals surface area contributed by atoms with Gasteiger partial charge in [0.2, 0.25) is 0 Å². The molecule has 2 heteroatoms. The van der Waals surface area contributed by atoms with Crippen LogP contribution in [0.2, 0.25) is 0 Å². The maximum absolute atomic E-state index is 5.63. The quantitative estimate of drug-likeness (QED) is 0.563. The van der Waals surface area contributed by atoms with E-state index in [2.05, 4.69) is 11.8 Å². The van der Waals surface area contributed by atoms with Gasteiger partial charge in [0.1, 0.15) is 0 Å². The molecule has 0 radical (unpaired) electrons. The molecule has 62 valence electrons. The first-order valence-corrected chi connectivity index (χ1v) is 3.56. The molecule has 0 amide bonds. The lowest BCUT2D eigenvalue weighted by atomic mass is 10.1. The van der Waals surface area contributed by atoms with Crippen LogP contribution in [-0.2, 0) is 0 Å². The van der Waals surface area contributed by atoms with Crippen LogP contribution in [0.25, 0.3) is 0 Å². The van der Waals surface area contributed by atoms with Gasteiger partial charge in [-0.2, -0.15) is 0 Å². The first kappa shape index (κ1) is 10.1. The third-order valence-corrected chi connectivity index (χ3v) is 0.850. The van der Waals surface area contributed by atoms with Crippen molar-refractivity contribution in [2.45, 2.75) is 19.4 Å². The van der Waals surface area contributed by atoms with Gasteiger partial charge in [-0.1, -0.05) is 11.8 Å². The van der Waals surface area contributed by atoms with Gasteiger partial charge in [-0.25, -0.2) is 0 Å². The molecule has 0 rings (SSSR count). The summed E-state index contributed by atoms with van der Waals surface area (Å²) in [5.74, 6) is 5.75. The highest BCUT2D eigenvalue weighted by Gasteiger charge is 2.02. The molecule has 11 heavy (non-hydrogen) atoms. The van der Waals surface area contributed by atoms with Crippen LogP contribution in [0, 0.1) is 11.8 Å². The molecule has 0 saturated heterocycles. The van der Waals surface area contributed by atoms with Crippen molar-refractivity contribution in [3.8, 4) is 11.8 Å². The Kier molecular flexibility index (Phi) is 3.70. The van der Waals surface area contributed by atoms with E-state index in [-0.39, 0.29) is 0 Å². The monoisotopic (exact) mass is 152 g/mol. The number of allylic oxidation sites excluding steroid dienone is 1. The zero-order valence-corrected chi connectivity index (χ0v) is 7.68. The van der Waals surface area contributed by atoms with Crippen LogP contribution in [0.5, 0.6) is 0 Å². The zero-order chi connectivity index (χ0) is 8.91. The fourth-order valence-corrected chi connectivity index (χ4v) is 0.414. The van der Waals surface area contributed by atoms with Gasteiger partial charge >= 0.3 is 0 Å². The summed E-state index contributed by atoms with van der Waals surface area (Å²) in [6.07, 6.45) is 3.67. The van der Waals surface area contributed by atoms with Crippen molar-refractivity contribution in [1.82, 2.24) is 4.90 Å². The summed E-state index contributed by atoms with van der Waals surface area (Å²) in [7, 11) is 3.90. The highest BCUT2D eigenvalue weighted by atomic mass is 15.0. The molecule has 0 spiro atoms. The first-order valence-electron chi connectivity index (χ1n) is 3.56. The molecule has 0 aliphatic carbocycles. The molecule has 0 saturated carbocycles. The van der Waals surface area contributed by atoms with E-state index < -0.39 is 5.54 Å². The Morgan fingerprint density at radius 2 is 1.91 bits per heavy atom. The highest BCUT2D eigenvalue weighted by Crippen LogP contribution is 1.91. The van der Waals surface area contributed by atoms with E-state index in [1.54, 1.807) is 6.08 Å². The molecule has 0 unspecified atom stereocenters. The van der Waals surface area contributed by atoms with Crippen molar-refractivity contribution in [2.24, 2.45) is 5.73 Å². The van der Waals surface area contributed by atoms with Crippen molar-refractivity contribution in [2.75, 3.05) is 14.1 Å². The van der Waals surface area contributed by atoms with Gasteiger partial charge in [0, 0.05) is 26.4 Å². The Bertz CT molecular complexity index is 186. The highest BCUT2D eigenvalue weighted by molar-refractivity contribution is 5.21. The van der Waals surface area contributed by atoms with Gasteiger partial charge in [-0.05, 0) is 13.8 Å². The van der Waals surface area contributed by atoms with E-state index in [9.17, 15) is 0 Å². The molecule has 0 bridgehead atoms. The molecule has 0 fully saturated rings. The number of hydrogen-bond donors (Lipinski definition) is 1. The van der Waals surface area contributed by atoms with E-state index in [1.165, 1.54) is 0 Å². The molecule has 0 aromatic carbocycles. The number of hydrogen-bond acceptors (Lipinski definition) is 2.